The summed E-state index contributed by atoms with van der Waals surface area (Å²) in [5.74, 6) is 1.55. The fourth-order valence-electron chi connectivity index (χ4n) is 1.56. The third-order valence-corrected chi connectivity index (χ3v) is 2.56. The van der Waals surface area contributed by atoms with Crippen molar-refractivity contribution in [3.05, 3.63) is 18.0 Å². The third-order valence-electron chi connectivity index (χ3n) is 2.56. The highest BCUT2D eigenvalue weighted by Crippen LogP contribution is 2.26. The van der Waals surface area contributed by atoms with Gasteiger partial charge in [-0.3, -0.25) is 0 Å². The highest BCUT2D eigenvalue weighted by atomic mass is 16.5. The molecule has 0 N–H and O–H groups in total. The van der Waals surface area contributed by atoms with Crippen molar-refractivity contribution < 1.29 is 9.47 Å². The number of rotatable bonds is 5. The van der Waals surface area contributed by atoms with E-state index in [1.165, 1.54) is 0 Å². The maximum Gasteiger partial charge on any atom is 0.134 e. The molecule has 0 saturated carbocycles. The van der Waals surface area contributed by atoms with Crippen molar-refractivity contribution in [2.75, 3.05) is 26.4 Å². The summed E-state index contributed by atoms with van der Waals surface area (Å²) in [5, 5.41) is 0. The molecule has 1 aliphatic rings. The molecule has 0 aromatic carbocycles. The van der Waals surface area contributed by atoms with Crippen LogP contribution in [0.5, 0.6) is 0 Å². The molecule has 5 nitrogen and oxygen atoms in total. The molecule has 0 unspecified atom stereocenters. The fraction of sp³-hybridized carbons (Fsp3) is 0.727. The van der Waals surface area contributed by atoms with Crippen LogP contribution in [0.2, 0.25) is 0 Å². The van der Waals surface area contributed by atoms with Crippen LogP contribution in [0, 0.1) is 12.3 Å². The zero-order valence-electron chi connectivity index (χ0n) is 9.77. The Balaban J connectivity index is 1.68. The number of ether oxygens (including phenoxy) is 2. The third kappa shape index (κ3) is 2.96. The van der Waals surface area contributed by atoms with Crippen LogP contribution in [-0.4, -0.2) is 41.4 Å². The Morgan fingerprint density at radius 3 is 2.88 bits per heavy atom. The average molecular weight is 223 g/mol. The van der Waals surface area contributed by atoms with Crippen LogP contribution in [-0.2, 0) is 15.9 Å². The lowest BCUT2D eigenvalue weighted by Gasteiger charge is -2.37. The van der Waals surface area contributed by atoms with Gasteiger partial charge in [0.05, 0.1) is 26.4 Å². The Morgan fingerprint density at radius 1 is 1.44 bits per heavy atom. The first kappa shape index (κ1) is 11.4. The van der Waals surface area contributed by atoms with Gasteiger partial charge in [0.2, 0.25) is 0 Å². The Morgan fingerprint density at radius 2 is 2.25 bits per heavy atom. The highest BCUT2D eigenvalue weighted by molar-refractivity contribution is 4.88. The molecule has 16 heavy (non-hydrogen) atoms. The van der Waals surface area contributed by atoms with E-state index < -0.39 is 0 Å². The molecule has 0 amide bonds. The molecule has 5 heteroatoms. The highest BCUT2D eigenvalue weighted by Gasteiger charge is 2.33. The lowest BCUT2D eigenvalue weighted by molar-refractivity contribution is -0.137. The SMILES string of the molecule is Cc1ncnc(CCOCC2(C)COC2)n1. The van der Waals surface area contributed by atoms with E-state index in [1.807, 2.05) is 6.92 Å². The first-order valence-corrected chi connectivity index (χ1v) is 5.48. The Labute approximate surface area is 95.2 Å². The van der Waals surface area contributed by atoms with E-state index in [9.17, 15) is 0 Å². The average Bonchev–Trinajstić information content (AvgIpc) is 2.22. The van der Waals surface area contributed by atoms with Gasteiger partial charge in [-0.2, -0.15) is 0 Å². The molecule has 0 aliphatic carbocycles. The molecule has 2 heterocycles. The Kier molecular flexibility index (Phi) is 3.46. The maximum absolute atomic E-state index is 5.60. The van der Waals surface area contributed by atoms with E-state index in [1.54, 1.807) is 6.33 Å². The monoisotopic (exact) mass is 223 g/mol. The van der Waals surface area contributed by atoms with Gasteiger partial charge in [-0.25, -0.2) is 15.0 Å². The van der Waals surface area contributed by atoms with Crippen LogP contribution < -0.4 is 0 Å². The van der Waals surface area contributed by atoms with E-state index in [0.717, 1.165) is 37.9 Å². The van der Waals surface area contributed by atoms with Crippen molar-refractivity contribution in [1.29, 1.82) is 0 Å². The van der Waals surface area contributed by atoms with E-state index in [-0.39, 0.29) is 5.41 Å². The standard InChI is InChI=1S/C11H17N3O2/c1-9-12-8-13-10(14-9)3-4-15-5-11(2)6-16-7-11/h8H,3-7H2,1-2H3. The number of aryl methyl sites for hydroxylation is 1. The second-order valence-corrected chi connectivity index (χ2v) is 4.55. The molecule has 0 radical (unpaired) electrons. The molecule has 0 atom stereocenters. The summed E-state index contributed by atoms with van der Waals surface area (Å²) in [5.41, 5.74) is 0.217. The van der Waals surface area contributed by atoms with Gasteiger partial charge in [-0.05, 0) is 6.92 Å². The summed E-state index contributed by atoms with van der Waals surface area (Å²) in [7, 11) is 0. The quantitative estimate of drug-likeness (QED) is 0.690. The Bertz CT molecular complexity index is 353. The lowest BCUT2D eigenvalue weighted by atomic mass is 9.90. The van der Waals surface area contributed by atoms with Crippen LogP contribution in [0.15, 0.2) is 6.33 Å². The molecule has 1 aliphatic heterocycles. The van der Waals surface area contributed by atoms with Gasteiger partial charge >= 0.3 is 0 Å². The van der Waals surface area contributed by atoms with Crippen molar-refractivity contribution in [2.45, 2.75) is 20.3 Å². The van der Waals surface area contributed by atoms with Crippen LogP contribution in [0.3, 0.4) is 0 Å². The van der Waals surface area contributed by atoms with Crippen molar-refractivity contribution in [3.63, 3.8) is 0 Å². The van der Waals surface area contributed by atoms with E-state index in [4.69, 9.17) is 9.47 Å². The van der Waals surface area contributed by atoms with Gasteiger partial charge in [-0.15, -0.1) is 0 Å². The normalized spacial score (nSPS) is 18.1. The minimum atomic E-state index is 0.217. The van der Waals surface area contributed by atoms with Crippen LogP contribution >= 0.6 is 0 Å². The zero-order chi connectivity index (χ0) is 11.4. The number of nitrogens with zero attached hydrogens (tertiary/aromatic N) is 3. The van der Waals surface area contributed by atoms with Crippen molar-refractivity contribution in [2.24, 2.45) is 5.41 Å². The summed E-state index contributed by atoms with van der Waals surface area (Å²) >= 11 is 0. The van der Waals surface area contributed by atoms with Gasteiger partial charge in [0.25, 0.3) is 0 Å². The van der Waals surface area contributed by atoms with Crippen molar-refractivity contribution >= 4 is 0 Å². The van der Waals surface area contributed by atoms with E-state index >= 15 is 0 Å². The lowest BCUT2D eigenvalue weighted by Crippen LogP contribution is -2.43. The van der Waals surface area contributed by atoms with Crippen LogP contribution in [0.25, 0.3) is 0 Å². The summed E-state index contributed by atoms with van der Waals surface area (Å²) in [6, 6.07) is 0. The number of aromatic nitrogens is 3. The van der Waals surface area contributed by atoms with Crippen LogP contribution in [0.4, 0.5) is 0 Å². The van der Waals surface area contributed by atoms with Gasteiger partial charge in [0, 0.05) is 11.8 Å². The molecule has 1 fully saturated rings. The summed E-state index contributed by atoms with van der Waals surface area (Å²) in [6.07, 6.45) is 2.28. The second-order valence-electron chi connectivity index (χ2n) is 4.55. The zero-order valence-corrected chi connectivity index (χ0v) is 9.77. The fourth-order valence-corrected chi connectivity index (χ4v) is 1.56. The smallest absolute Gasteiger partial charge is 0.134 e. The minimum Gasteiger partial charge on any atom is -0.380 e. The predicted molar refractivity (Wildman–Crippen MR) is 58.0 cm³/mol. The molecule has 2 rings (SSSR count). The number of hydrogen-bond acceptors (Lipinski definition) is 5. The number of hydrogen-bond donors (Lipinski definition) is 0. The van der Waals surface area contributed by atoms with Gasteiger partial charge in [0.1, 0.15) is 18.0 Å². The first-order valence-electron chi connectivity index (χ1n) is 5.48. The van der Waals surface area contributed by atoms with E-state index in [2.05, 4.69) is 21.9 Å². The van der Waals surface area contributed by atoms with Gasteiger partial charge in [-0.1, -0.05) is 6.92 Å². The summed E-state index contributed by atoms with van der Waals surface area (Å²) in [6.45, 7) is 7.04. The van der Waals surface area contributed by atoms with E-state index in [0.29, 0.717) is 6.61 Å². The first-order chi connectivity index (χ1) is 7.68. The molecule has 0 spiro atoms. The molecule has 88 valence electrons. The van der Waals surface area contributed by atoms with Gasteiger partial charge in [0.15, 0.2) is 0 Å². The van der Waals surface area contributed by atoms with Gasteiger partial charge < -0.3 is 9.47 Å². The molecule has 1 aromatic heterocycles. The maximum atomic E-state index is 5.60. The topological polar surface area (TPSA) is 57.1 Å². The molecular weight excluding hydrogens is 206 g/mol. The predicted octanol–water partition coefficient (Wildman–Crippen LogP) is 0.776. The molecule has 0 bridgehead atoms. The molecular formula is C11H17N3O2. The largest absolute Gasteiger partial charge is 0.380 e. The second kappa shape index (κ2) is 4.84. The molecule has 1 aromatic rings. The summed E-state index contributed by atoms with van der Waals surface area (Å²) in [4.78, 5) is 12.2. The summed E-state index contributed by atoms with van der Waals surface area (Å²) < 4.78 is 10.8. The molecule has 1 saturated heterocycles. The Hall–Kier alpha value is -1.07. The minimum absolute atomic E-state index is 0.217. The van der Waals surface area contributed by atoms with Crippen LogP contribution in [0.1, 0.15) is 18.6 Å². The van der Waals surface area contributed by atoms with Crippen molar-refractivity contribution in [1.82, 2.24) is 15.0 Å². The van der Waals surface area contributed by atoms with Crippen molar-refractivity contribution in [3.8, 4) is 0 Å².